The third-order valence-corrected chi connectivity index (χ3v) is 3.91. The Kier molecular flexibility index (Phi) is 8.59. The van der Waals surface area contributed by atoms with Crippen LogP contribution in [-0.2, 0) is 9.53 Å². The van der Waals surface area contributed by atoms with Gasteiger partial charge in [0, 0.05) is 19.5 Å². The monoisotopic (exact) mass is 395 g/mol. The molecule has 154 valence electrons. The van der Waals surface area contributed by atoms with Crippen LogP contribution in [0.5, 0.6) is 11.5 Å². The number of rotatable bonds is 6. The number of hydrazine groups is 1. The lowest BCUT2D eigenvalue weighted by atomic mass is 10.1. The highest BCUT2D eigenvalue weighted by Gasteiger charge is 2.22. The number of morpholine rings is 1. The van der Waals surface area contributed by atoms with Gasteiger partial charge in [-0.15, -0.1) is 0 Å². The molecule has 0 radical (unpaired) electrons. The fourth-order valence-corrected chi connectivity index (χ4v) is 2.35. The molecule has 0 spiro atoms. The molecule has 2 aliphatic heterocycles. The predicted molar refractivity (Wildman–Crippen MR) is 101 cm³/mol. The molecule has 1 aromatic carbocycles. The summed E-state index contributed by atoms with van der Waals surface area (Å²) in [7, 11) is 0. The Morgan fingerprint density at radius 1 is 1.36 bits per heavy atom. The summed E-state index contributed by atoms with van der Waals surface area (Å²) in [6.07, 6.45) is 3.28. The van der Waals surface area contributed by atoms with Crippen LogP contribution in [0.25, 0.3) is 0 Å². The van der Waals surface area contributed by atoms with E-state index in [0.717, 1.165) is 39.1 Å². The first-order valence-electron chi connectivity index (χ1n) is 8.98. The number of nitro groups is 1. The van der Waals surface area contributed by atoms with Gasteiger partial charge >= 0.3 is 0 Å². The molecule has 3 rings (SSSR count). The van der Waals surface area contributed by atoms with Crippen LogP contribution in [0.4, 0.5) is 5.69 Å². The lowest BCUT2D eigenvalue weighted by Gasteiger charge is -2.20. The fraction of sp³-hybridized carbons (Fsp3) is 0.529. The molecule has 1 fully saturated rings. The quantitative estimate of drug-likeness (QED) is 0.316. The number of hydrogen-bond donors (Lipinski definition) is 2. The Morgan fingerprint density at radius 2 is 2.04 bits per heavy atom. The molecular weight excluding hydrogens is 370 g/mol. The number of carbonyl (C=O) groups excluding carboxylic acids is 1. The van der Waals surface area contributed by atoms with E-state index in [-0.39, 0.29) is 24.0 Å². The molecule has 2 aliphatic rings. The number of amides is 1. The number of nitrogens with zero attached hydrogens (tertiary/aromatic N) is 3. The molecule has 1 amide bonds. The van der Waals surface area contributed by atoms with Crippen molar-refractivity contribution in [3.05, 3.63) is 27.8 Å². The molecule has 28 heavy (non-hydrogen) atoms. The smallest absolute Gasteiger partial charge is 0.282 e. The van der Waals surface area contributed by atoms with Crippen molar-refractivity contribution < 1.29 is 23.9 Å². The first-order valence-corrected chi connectivity index (χ1v) is 8.98. The molecule has 11 heteroatoms. The van der Waals surface area contributed by atoms with E-state index in [1.165, 1.54) is 18.3 Å². The summed E-state index contributed by atoms with van der Waals surface area (Å²) in [5, 5.41) is 16.5. The molecule has 11 nitrogen and oxygen atoms in total. The molecular formula is C17H25N5O6. The van der Waals surface area contributed by atoms with Crippen molar-refractivity contribution in [2.24, 2.45) is 10.9 Å². The van der Waals surface area contributed by atoms with Crippen LogP contribution < -0.4 is 20.7 Å². The Bertz CT molecular complexity index is 706. The normalized spacial score (nSPS) is 15.8. The molecule has 2 heterocycles. The Hall–Kier alpha value is -2.76. The third kappa shape index (κ3) is 6.76. The van der Waals surface area contributed by atoms with Crippen molar-refractivity contribution >= 4 is 17.8 Å². The molecule has 0 aromatic heterocycles. The van der Waals surface area contributed by atoms with Crippen LogP contribution in [0.15, 0.2) is 17.2 Å². The van der Waals surface area contributed by atoms with E-state index in [9.17, 15) is 14.9 Å². The molecule has 0 atom stereocenters. The van der Waals surface area contributed by atoms with Gasteiger partial charge in [-0.25, -0.2) is 10.4 Å². The first kappa shape index (κ1) is 21.5. The van der Waals surface area contributed by atoms with Crippen LogP contribution in [-0.4, -0.2) is 55.2 Å². The van der Waals surface area contributed by atoms with Gasteiger partial charge in [0.2, 0.25) is 12.7 Å². The Labute approximate surface area is 162 Å². The summed E-state index contributed by atoms with van der Waals surface area (Å²) < 4.78 is 15.3. The average Bonchev–Trinajstić information content (AvgIpc) is 3.14. The number of ether oxygens (including phenoxy) is 3. The highest BCUT2D eigenvalue weighted by atomic mass is 16.7. The largest absolute Gasteiger partial charge is 0.454 e. The lowest BCUT2D eigenvalue weighted by Crippen LogP contribution is -2.41. The number of nitrogens with two attached hydrogens (primary N) is 1. The number of benzene rings is 1. The van der Waals surface area contributed by atoms with E-state index in [1.807, 2.05) is 6.92 Å². The van der Waals surface area contributed by atoms with Gasteiger partial charge in [-0.05, 0) is 12.5 Å². The zero-order valence-electron chi connectivity index (χ0n) is 15.8. The van der Waals surface area contributed by atoms with Crippen LogP contribution >= 0.6 is 0 Å². The molecule has 0 bridgehead atoms. The topological polar surface area (TPSA) is 142 Å². The van der Waals surface area contributed by atoms with Crippen LogP contribution in [0.1, 0.15) is 31.7 Å². The van der Waals surface area contributed by atoms with E-state index in [2.05, 4.69) is 10.5 Å². The van der Waals surface area contributed by atoms with Crippen molar-refractivity contribution in [3.8, 4) is 11.5 Å². The second-order valence-electron chi connectivity index (χ2n) is 6.07. The second kappa shape index (κ2) is 11.2. The minimum absolute atomic E-state index is 0.0286. The zero-order chi connectivity index (χ0) is 20.4. The number of nitrogens with one attached hydrogen (secondary N) is 1. The highest BCUT2D eigenvalue weighted by molar-refractivity contribution is 5.88. The van der Waals surface area contributed by atoms with E-state index in [1.54, 1.807) is 5.01 Å². The summed E-state index contributed by atoms with van der Waals surface area (Å²) in [4.78, 5) is 21.9. The fourth-order valence-electron chi connectivity index (χ4n) is 2.35. The van der Waals surface area contributed by atoms with E-state index >= 15 is 0 Å². The highest BCUT2D eigenvalue weighted by Crippen LogP contribution is 2.37. The van der Waals surface area contributed by atoms with Crippen molar-refractivity contribution in [2.75, 3.05) is 33.1 Å². The second-order valence-corrected chi connectivity index (χ2v) is 6.07. The maximum absolute atomic E-state index is 11.4. The molecule has 3 N–H and O–H groups in total. The third-order valence-electron chi connectivity index (χ3n) is 3.91. The van der Waals surface area contributed by atoms with Crippen molar-refractivity contribution in [3.63, 3.8) is 0 Å². The number of hydrazone groups is 1. The van der Waals surface area contributed by atoms with E-state index in [0.29, 0.717) is 17.9 Å². The molecule has 0 aliphatic carbocycles. The minimum atomic E-state index is -0.539. The molecule has 1 saturated heterocycles. The summed E-state index contributed by atoms with van der Waals surface area (Å²) in [6, 6.07) is 2.74. The number of fused-ring (bicyclic) bond motifs is 1. The molecule has 0 unspecified atom stereocenters. The Balaban J connectivity index is 0.000000336. The maximum Gasteiger partial charge on any atom is 0.282 e. The lowest BCUT2D eigenvalue weighted by molar-refractivity contribution is -0.385. The molecule has 0 saturated carbocycles. The standard InChI is InChI=1S/C13H15N3O5.C4H10N2O/c1-2-3-4-13(17)15-14-7-9-5-11-12(21-8-20-11)6-10(9)16(18)19;5-6-1-3-7-4-2-6/h5-7H,2-4,8H2,1H3,(H,15,17);1-5H2. The molecule has 1 aromatic rings. The average molecular weight is 395 g/mol. The number of carbonyl (C=O) groups is 1. The van der Waals surface area contributed by atoms with Gasteiger partial charge in [0.15, 0.2) is 11.5 Å². The SMILES string of the molecule is CCCCC(=O)NN=Cc1cc2c(cc1[N+](=O)[O-])OCO2.NN1CCOCC1. The number of hydrogen-bond acceptors (Lipinski definition) is 9. The van der Waals surface area contributed by atoms with Gasteiger partial charge in [0.25, 0.3) is 5.69 Å². The van der Waals surface area contributed by atoms with Crippen molar-refractivity contribution in [1.82, 2.24) is 10.4 Å². The van der Waals surface area contributed by atoms with Crippen molar-refractivity contribution in [2.45, 2.75) is 26.2 Å². The van der Waals surface area contributed by atoms with Gasteiger partial charge in [-0.1, -0.05) is 13.3 Å². The van der Waals surface area contributed by atoms with Gasteiger partial charge in [0.05, 0.1) is 36.0 Å². The number of nitro benzene ring substituents is 1. The van der Waals surface area contributed by atoms with E-state index in [4.69, 9.17) is 20.1 Å². The zero-order valence-corrected chi connectivity index (χ0v) is 15.8. The minimum Gasteiger partial charge on any atom is -0.454 e. The summed E-state index contributed by atoms with van der Waals surface area (Å²) in [5.74, 6) is 5.90. The van der Waals surface area contributed by atoms with Crippen molar-refractivity contribution in [1.29, 1.82) is 0 Å². The summed E-state index contributed by atoms with van der Waals surface area (Å²) in [6.45, 7) is 5.33. The maximum atomic E-state index is 11.4. The first-order chi connectivity index (χ1) is 13.5. The van der Waals surface area contributed by atoms with E-state index < -0.39 is 4.92 Å². The summed E-state index contributed by atoms with van der Waals surface area (Å²) in [5.41, 5.74) is 2.41. The van der Waals surface area contributed by atoms with Gasteiger partial charge in [0.1, 0.15) is 0 Å². The summed E-state index contributed by atoms with van der Waals surface area (Å²) >= 11 is 0. The van der Waals surface area contributed by atoms with Crippen LogP contribution in [0.2, 0.25) is 0 Å². The van der Waals surface area contributed by atoms with Gasteiger partial charge < -0.3 is 14.2 Å². The van der Waals surface area contributed by atoms with Crippen LogP contribution in [0, 0.1) is 10.1 Å². The van der Waals surface area contributed by atoms with Gasteiger partial charge in [-0.3, -0.25) is 20.8 Å². The van der Waals surface area contributed by atoms with Crippen LogP contribution in [0.3, 0.4) is 0 Å². The Morgan fingerprint density at radius 3 is 2.61 bits per heavy atom. The van der Waals surface area contributed by atoms with Gasteiger partial charge in [-0.2, -0.15) is 5.10 Å². The number of unbranched alkanes of at least 4 members (excludes halogenated alkanes) is 1. The predicted octanol–water partition coefficient (Wildman–Crippen LogP) is 1.16.